The Morgan fingerprint density at radius 3 is 2.78 bits per heavy atom. The summed E-state index contributed by atoms with van der Waals surface area (Å²) < 4.78 is 0. The average molecular weight is 264 g/mol. The largest absolute Gasteiger partial charge is 0.383 e. The zero-order valence-electron chi connectivity index (χ0n) is 10.3. The minimum Gasteiger partial charge on any atom is -0.383 e. The van der Waals surface area contributed by atoms with Gasteiger partial charge in [0.2, 0.25) is 5.95 Å². The Hall–Kier alpha value is -1.89. The number of nitrogens with one attached hydrogen (secondary N) is 1. The number of hydrogen-bond donors (Lipinski definition) is 3. The Morgan fingerprint density at radius 2 is 2.17 bits per heavy atom. The lowest BCUT2D eigenvalue weighted by molar-refractivity contribution is 0.859. The smallest absolute Gasteiger partial charge is 0.223 e. The van der Waals surface area contributed by atoms with Gasteiger partial charge < -0.3 is 16.8 Å². The second kappa shape index (κ2) is 5.18. The van der Waals surface area contributed by atoms with Gasteiger partial charge in [-0.25, -0.2) is 4.98 Å². The monoisotopic (exact) mass is 264 g/mol. The summed E-state index contributed by atoms with van der Waals surface area (Å²) in [5.74, 6) is 1.13. The van der Waals surface area contributed by atoms with E-state index in [-0.39, 0.29) is 12.0 Å². The summed E-state index contributed by atoms with van der Waals surface area (Å²) in [5.41, 5.74) is 11.2. The van der Waals surface area contributed by atoms with Crippen LogP contribution in [0.5, 0.6) is 0 Å². The van der Waals surface area contributed by atoms with E-state index in [9.17, 15) is 0 Å². The number of rotatable bonds is 4. The molecule has 0 aliphatic rings. The van der Waals surface area contributed by atoms with Crippen molar-refractivity contribution in [1.29, 1.82) is 0 Å². The number of nitrogens with zero attached hydrogens (tertiary/aromatic N) is 3. The van der Waals surface area contributed by atoms with E-state index in [0.717, 1.165) is 11.4 Å². The van der Waals surface area contributed by atoms with Gasteiger partial charge in [0.1, 0.15) is 16.6 Å². The molecule has 5 N–H and O–H groups in total. The van der Waals surface area contributed by atoms with Crippen molar-refractivity contribution in [3.05, 3.63) is 22.1 Å². The van der Waals surface area contributed by atoms with E-state index in [2.05, 4.69) is 27.2 Å². The van der Waals surface area contributed by atoms with Crippen LogP contribution >= 0.6 is 11.3 Å². The Morgan fingerprint density at radius 1 is 1.39 bits per heavy atom. The standard InChI is InChI=1S/C11H16N6S/c1-3-7-5-14-10(18-7)6(2)15-9-4-8(12)16-11(13)17-9/h4-6H,3H2,1-2H3,(H5,12,13,15,16,17). The minimum absolute atomic E-state index is 0.0593. The lowest BCUT2D eigenvalue weighted by Crippen LogP contribution is -2.10. The highest BCUT2D eigenvalue weighted by molar-refractivity contribution is 7.11. The molecule has 0 spiro atoms. The van der Waals surface area contributed by atoms with Crippen molar-refractivity contribution in [2.45, 2.75) is 26.3 Å². The van der Waals surface area contributed by atoms with E-state index in [1.807, 2.05) is 13.1 Å². The van der Waals surface area contributed by atoms with Gasteiger partial charge in [0.25, 0.3) is 0 Å². The van der Waals surface area contributed by atoms with E-state index in [4.69, 9.17) is 11.5 Å². The zero-order valence-corrected chi connectivity index (χ0v) is 11.2. The summed E-state index contributed by atoms with van der Waals surface area (Å²) in [4.78, 5) is 13.5. The number of thiazole rings is 1. The van der Waals surface area contributed by atoms with E-state index >= 15 is 0 Å². The van der Waals surface area contributed by atoms with Crippen molar-refractivity contribution in [3.8, 4) is 0 Å². The van der Waals surface area contributed by atoms with Gasteiger partial charge in [-0.15, -0.1) is 11.3 Å². The molecule has 0 bridgehead atoms. The Kier molecular flexibility index (Phi) is 3.61. The van der Waals surface area contributed by atoms with Gasteiger partial charge in [-0.05, 0) is 13.3 Å². The quantitative estimate of drug-likeness (QED) is 0.778. The first-order chi connectivity index (χ1) is 8.58. The predicted octanol–water partition coefficient (Wildman–Crippen LogP) is 1.83. The number of anilines is 3. The van der Waals surface area contributed by atoms with E-state index in [1.54, 1.807) is 17.4 Å². The average Bonchev–Trinajstić information content (AvgIpc) is 2.75. The van der Waals surface area contributed by atoms with Crippen LogP contribution in [0.3, 0.4) is 0 Å². The lowest BCUT2D eigenvalue weighted by Gasteiger charge is -2.12. The van der Waals surface area contributed by atoms with Crippen LogP contribution in [0.25, 0.3) is 0 Å². The Balaban J connectivity index is 2.12. The third kappa shape index (κ3) is 2.86. The maximum Gasteiger partial charge on any atom is 0.223 e. The molecular weight excluding hydrogens is 248 g/mol. The minimum atomic E-state index is 0.0593. The molecule has 7 heteroatoms. The molecule has 1 atom stereocenters. The molecule has 0 aliphatic heterocycles. The fourth-order valence-corrected chi connectivity index (χ4v) is 2.39. The molecule has 0 saturated heterocycles. The highest BCUT2D eigenvalue weighted by Crippen LogP contribution is 2.23. The van der Waals surface area contributed by atoms with Crippen molar-refractivity contribution in [2.75, 3.05) is 16.8 Å². The number of aromatic nitrogens is 3. The van der Waals surface area contributed by atoms with E-state index in [1.165, 1.54) is 4.88 Å². The van der Waals surface area contributed by atoms with Crippen LogP contribution in [0.4, 0.5) is 17.6 Å². The molecule has 18 heavy (non-hydrogen) atoms. The Bertz CT molecular complexity index is 518. The highest BCUT2D eigenvalue weighted by Gasteiger charge is 2.11. The number of aryl methyl sites for hydroxylation is 1. The van der Waals surface area contributed by atoms with Gasteiger partial charge in [0.05, 0.1) is 6.04 Å². The summed E-state index contributed by atoms with van der Waals surface area (Å²) in [5, 5.41) is 4.23. The van der Waals surface area contributed by atoms with E-state index < -0.39 is 0 Å². The molecule has 0 saturated carbocycles. The molecule has 2 aromatic heterocycles. The summed E-state index contributed by atoms with van der Waals surface area (Å²) in [6.07, 6.45) is 2.90. The van der Waals surface area contributed by atoms with Gasteiger partial charge in [-0.3, -0.25) is 0 Å². The molecule has 2 heterocycles. The number of hydrogen-bond acceptors (Lipinski definition) is 7. The van der Waals surface area contributed by atoms with Crippen LogP contribution < -0.4 is 16.8 Å². The van der Waals surface area contributed by atoms with Gasteiger partial charge in [0, 0.05) is 17.1 Å². The SMILES string of the molecule is CCc1cnc(C(C)Nc2cc(N)nc(N)n2)s1. The van der Waals surface area contributed by atoms with Crippen molar-refractivity contribution < 1.29 is 0 Å². The first-order valence-electron chi connectivity index (χ1n) is 5.69. The molecule has 0 aliphatic carbocycles. The third-order valence-corrected chi connectivity index (χ3v) is 3.74. The van der Waals surface area contributed by atoms with Crippen molar-refractivity contribution in [1.82, 2.24) is 15.0 Å². The zero-order chi connectivity index (χ0) is 13.1. The molecule has 96 valence electrons. The summed E-state index contributed by atoms with van der Waals surface area (Å²) in [6.45, 7) is 4.13. The van der Waals surface area contributed by atoms with Crippen LogP contribution in [0.2, 0.25) is 0 Å². The van der Waals surface area contributed by atoms with Crippen LogP contribution in [-0.2, 0) is 6.42 Å². The number of nitrogen functional groups attached to an aromatic ring is 2. The van der Waals surface area contributed by atoms with Crippen molar-refractivity contribution in [3.63, 3.8) is 0 Å². The number of nitrogens with two attached hydrogens (primary N) is 2. The molecule has 0 aromatic carbocycles. The molecule has 2 aromatic rings. The third-order valence-electron chi connectivity index (χ3n) is 2.42. The van der Waals surface area contributed by atoms with Gasteiger partial charge in [-0.1, -0.05) is 6.92 Å². The maximum atomic E-state index is 5.62. The Labute approximate surface area is 109 Å². The van der Waals surface area contributed by atoms with Gasteiger partial charge >= 0.3 is 0 Å². The lowest BCUT2D eigenvalue weighted by atomic mass is 10.3. The van der Waals surface area contributed by atoms with Crippen LogP contribution in [0.1, 0.15) is 29.8 Å². The normalized spacial score (nSPS) is 12.3. The summed E-state index contributed by atoms with van der Waals surface area (Å²) in [6, 6.07) is 1.71. The molecule has 1 unspecified atom stereocenters. The van der Waals surface area contributed by atoms with E-state index in [0.29, 0.717) is 11.6 Å². The first-order valence-corrected chi connectivity index (χ1v) is 6.51. The fourth-order valence-electron chi connectivity index (χ4n) is 1.53. The highest BCUT2D eigenvalue weighted by atomic mass is 32.1. The van der Waals surface area contributed by atoms with Gasteiger partial charge in [0.15, 0.2) is 0 Å². The summed E-state index contributed by atoms with van der Waals surface area (Å²) in [7, 11) is 0. The fraction of sp³-hybridized carbons (Fsp3) is 0.364. The second-order valence-corrected chi connectivity index (χ2v) is 5.07. The molecule has 0 amide bonds. The molecule has 2 rings (SSSR count). The van der Waals surface area contributed by atoms with Crippen molar-refractivity contribution >= 4 is 28.9 Å². The first kappa shape index (κ1) is 12.6. The molecule has 6 nitrogen and oxygen atoms in total. The van der Waals surface area contributed by atoms with Gasteiger partial charge in [-0.2, -0.15) is 9.97 Å². The molecule has 0 radical (unpaired) electrons. The maximum absolute atomic E-state index is 5.62. The summed E-state index contributed by atoms with van der Waals surface area (Å²) >= 11 is 1.69. The van der Waals surface area contributed by atoms with Crippen LogP contribution in [0, 0.1) is 0 Å². The topological polar surface area (TPSA) is 103 Å². The molecular formula is C11H16N6S. The molecule has 0 fully saturated rings. The predicted molar refractivity (Wildman–Crippen MR) is 74.4 cm³/mol. The van der Waals surface area contributed by atoms with Crippen LogP contribution in [0.15, 0.2) is 12.3 Å². The van der Waals surface area contributed by atoms with Crippen molar-refractivity contribution in [2.24, 2.45) is 0 Å². The second-order valence-electron chi connectivity index (χ2n) is 3.92. The van der Waals surface area contributed by atoms with Crippen LogP contribution in [-0.4, -0.2) is 15.0 Å².